The van der Waals surface area contributed by atoms with Crippen molar-refractivity contribution in [2.75, 3.05) is 0 Å². The maximum Gasteiger partial charge on any atom is 0.139 e. The summed E-state index contributed by atoms with van der Waals surface area (Å²) in [7, 11) is 0. The van der Waals surface area contributed by atoms with Crippen LogP contribution in [0, 0.1) is 9.39 Å². The van der Waals surface area contributed by atoms with Crippen molar-refractivity contribution in [1.82, 2.24) is 0 Å². The lowest BCUT2D eigenvalue weighted by molar-refractivity contribution is 0.170. The monoisotopic (exact) mass is 385 g/mol. The van der Waals surface area contributed by atoms with Gasteiger partial charge in [-0.05, 0) is 71.0 Å². The molecule has 106 valence electrons. The highest BCUT2D eigenvalue weighted by Crippen LogP contribution is 2.26. The van der Waals surface area contributed by atoms with Gasteiger partial charge in [0, 0.05) is 9.61 Å². The van der Waals surface area contributed by atoms with Crippen molar-refractivity contribution in [3.63, 3.8) is 0 Å². The van der Waals surface area contributed by atoms with E-state index in [-0.39, 0.29) is 18.0 Å². The van der Waals surface area contributed by atoms with E-state index in [0.717, 1.165) is 21.3 Å². The highest BCUT2D eigenvalue weighted by molar-refractivity contribution is 14.1. The van der Waals surface area contributed by atoms with Crippen molar-refractivity contribution in [1.29, 1.82) is 0 Å². The third-order valence-corrected chi connectivity index (χ3v) is 3.83. The molecule has 0 aliphatic rings. The molecule has 0 radical (unpaired) electrons. The van der Waals surface area contributed by atoms with E-state index in [1.165, 1.54) is 12.1 Å². The van der Waals surface area contributed by atoms with Crippen LogP contribution in [0.15, 0.2) is 48.5 Å². The largest absolute Gasteiger partial charge is 0.484 e. The fraction of sp³-hybridized carbons (Fsp3) is 0.250. The lowest BCUT2D eigenvalue weighted by Crippen LogP contribution is -2.31. The predicted molar refractivity (Wildman–Crippen MR) is 87.2 cm³/mol. The molecule has 0 aromatic heterocycles. The van der Waals surface area contributed by atoms with Crippen molar-refractivity contribution in [3.05, 3.63) is 63.5 Å². The summed E-state index contributed by atoms with van der Waals surface area (Å²) in [6.45, 7) is 1.99. The van der Waals surface area contributed by atoms with Gasteiger partial charge >= 0.3 is 0 Å². The summed E-state index contributed by atoms with van der Waals surface area (Å²) < 4.78 is 20.5. The zero-order valence-corrected chi connectivity index (χ0v) is 13.4. The van der Waals surface area contributed by atoms with Crippen LogP contribution in [0.1, 0.15) is 25.0 Å². The van der Waals surface area contributed by atoms with Gasteiger partial charge in [-0.3, -0.25) is 0 Å². The molecule has 0 fully saturated rings. The molecule has 2 nitrogen and oxygen atoms in total. The molecule has 4 heteroatoms. The van der Waals surface area contributed by atoms with Crippen LogP contribution in [0.3, 0.4) is 0 Å². The molecule has 2 aromatic rings. The fourth-order valence-electron chi connectivity index (χ4n) is 1.96. The first kappa shape index (κ1) is 15.3. The van der Waals surface area contributed by atoms with Crippen LogP contribution in [0.2, 0.25) is 0 Å². The topological polar surface area (TPSA) is 35.2 Å². The third kappa shape index (κ3) is 3.93. The van der Waals surface area contributed by atoms with Gasteiger partial charge in [-0.2, -0.15) is 0 Å². The summed E-state index contributed by atoms with van der Waals surface area (Å²) >= 11 is 2.24. The number of benzene rings is 2. The fourth-order valence-corrected chi connectivity index (χ4v) is 2.32. The van der Waals surface area contributed by atoms with E-state index in [9.17, 15) is 4.39 Å². The van der Waals surface area contributed by atoms with Gasteiger partial charge in [0.25, 0.3) is 0 Å². The minimum atomic E-state index is -0.351. The molecule has 20 heavy (non-hydrogen) atoms. The summed E-state index contributed by atoms with van der Waals surface area (Å²) in [5.74, 6) is 0.464. The van der Waals surface area contributed by atoms with Crippen LogP contribution in [-0.4, -0.2) is 6.04 Å². The average Bonchev–Trinajstić information content (AvgIpc) is 2.46. The zero-order valence-electron chi connectivity index (χ0n) is 11.2. The van der Waals surface area contributed by atoms with E-state index in [1.807, 2.05) is 37.3 Å². The molecule has 0 saturated carbocycles. The molecule has 2 atom stereocenters. The molecular weight excluding hydrogens is 368 g/mol. The Morgan fingerprint density at radius 3 is 2.50 bits per heavy atom. The first-order valence-corrected chi connectivity index (χ1v) is 7.61. The van der Waals surface area contributed by atoms with Crippen LogP contribution < -0.4 is 10.5 Å². The van der Waals surface area contributed by atoms with E-state index in [1.54, 1.807) is 6.07 Å². The normalized spacial score (nSPS) is 13.8. The summed E-state index contributed by atoms with van der Waals surface area (Å²) in [4.78, 5) is 0. The lowest BCUT2D eigenvalue weighted by atomic mass is 10.0. The second kappa shape index (κ2) is 7.04. The Morgan fingerprint density at radius 1 is 1.20 bits per heavy atom. The summed E-state index contributed by atoms with van der Waals surface area (Å²) in [5.41, 5.74) is 6.89. The summed E-state index contributed by atoms with van der Waals surface area (Å²) in [6.07, 6.45) is 0.404. The first-order valence-electron chi connectivity index (χ1n) is 6.53. The average molecular weight is 385 g/mol. The Kier molecular flexibility index (Phi) is 5.37. The van der Waals surface area contributed by atoms with Crippen molar-refractivity contribution in [2.45, 2.75) is 25.5 Å². The van der Waals surface area contributed by atoms with Crippen LogP contribution in [0.5, 0.6) is 5.75 Å². The maximum atomic E-state index is 13.4. The van der Waals surface area contributed by atoms with Crippen molar-refractivity contribution in [3.8, 4) is 5.75 Å². The molecular formula is C16H17FINO. The smallest absolute Gasteiger partial charge is 0.139 e. The molecule has 2 unspecified atom stereocenters. The molecule has 2 aromatic carbocycles. The van der Waals surface area contributed by atoms with Crippen molar-refractivity contribution < 1.29 is 9.13 Å². The second-order valence-electron chi connectivity index (χ2n) is 4.62. The van der Waals surface area contributed by atoms with E-state index in [0.29, 0.717) is 0 Å². The van der Waals surface area contributed by atoms with Crippen LogP contribution in [0.4, 0.5) is 4.39 Å². The Labute approximate surface area is 132 Å². The minimum absolute atomic E-state index is 0.184. The van der Waals surface area contributed by atoms with Gasteiger partial charge in [0.15, 0.2) is 0 Å². The van der Waals surface area contributed by atoms with E-state index < -0.39 is 0 Å². The van der Waals surface area contributed by atoms with Gasteiger partial charge in [-0.15, -0.1) is 0 Å². The number of rotatable bonds is 5. The highest BCUT2D eigenvalue weighted by Gasteiger charge is 2.21. The molecule has 0 aliphatic carbocycles. The van der Waals surface area contributed by atoms with E-state index >= 15 is 0 Å². The predicted octanol–water partition coefficient (Wildman–Crippen LogP) is 4.29. The Bertz CT molecular complexity index is 559. The Morgan fingerprint density at radius 2 is 1.90 bits per heavy atom. The van der Waals surface area contributed by atoms with Crippen LogP contribution in [-0.2, 0) is 0 Å². The quantitative estimate of drug-likeness (QED) is 0.780. The Hall–Kier alpha value is -1.14. The molecule has 0 spiro atoms. The molecule has 0 aliphatic heterocycles. The van der Waals surface area contributed by atoms with Crippen LogP contribution >= 0.6 is 22.6 Å². The SMILES string of the molecule is CCC(N)C(Oc1ccc(I)cc1)c1cccc(F)c1. The number of nitrogens with two attached hydrogens (primary N) is 1. The van der Waals surface area contributed by atoms with Gasteiger partial charge in [0.1, 0.15) is 17.7 Å². The second-order valence-corrected chi connectivity index (χ2v) is 5.87. The van der Waals surface area contributed by atoms with Gasteiger partial charge in [-0.1, -0.05) is 19.1 Å². The first-order chi connectivity index (χ1) is 9.60. The van der Waals surface area contributed by atoms with Crippen molar-refractivity contribution in [2.24, 2.45) is 5.73 Å². The minimum Gasteiger partial charge on any atom is -0.484 e. The van der Waals surface area contributed by atoms with E-state index in [4.69, 9.17) is 10.5 Å². The van der Waals surface area contributed by atoms with Crippen LogP contribution in [0.25, 0.3) is 0 Å². The number of ether oxygens (including phenoxy) is 1. The number of hydrogen-bond donors (Lipinski definition) is 1. The molecule has 2 N–H and O–H groups in total. The van der Waals surface area contributed by atoms with Gasteiger partial charge in [-0.25, -0.2) is 4.39 Å². The molecule has 0 bridgehead atoms. The maximum absolute atomic E-state index is 13.4. The standard InChI is InChI=1S/C16H17FINO/c1-2-15(19)16(11-4-3-5-12(17)10-11)20-14-8-6-13(18)7-9-14/h3-10,15-16H,2,19H2,1H3. The molecule has 0 amide bonds. The molecule has 2 rings (SSSR count). The molecule has 0 heterocycles. The number of hydrogen-bond acceptors (Lipinski definition) is 2. The summed E-state index contributed by atoms with van der Waals surface area (Å²) in [6, 6.07) is 14.0. The van der Waals surface area contributed by atoms with Gasteiger partial charge in [0.05, 0.1) is 0 Å². The highest BCUT2D eigenvalue weighted by atomic mass is 127. The summed E-state index contributed by atoms with van der Waals surface area (Å²) in [5, 5.41) is 0. The van der Waals surface area contributed by atoms with Gasteiger partial charge < -0.3 is 10.5 Å². The Balaban J connectivity index is 2.26. The molecule has 0 saturated heterocycles. The van der Waals surface area contributed by atoms with E-state index in [2.05, 4.69) is 22.6 Å². The van der Waals surface area contributed by atoms with Gasteiger partial charge in [0.2, 0.25) is 0 Å². The zero-order chi connectivity index (χ0) is 14.5. The number of halogens is 2. The lowest BCUT2D eigenvalue weighted by Gasteiger charge is -2.25. The third-order valence-electron chi connectivity index (χ3n) is 3.11. The van der Waals surface area contributed by atoms with Crippen molar-refractivity contribution >= 4 is 22.6 Å².